The van der Waals surface area contributed by atoms with Crippen molar-refractivity contribution >= 4 is 14.3 Å². The summed E-state index contributed by atoms with van der Waals surface area (Å²) < 4.78 is 12.3. The van der Waals surface area contributed by atoms with E-state index in [0.29, 0.717) is 5.92 Å². The Kier molecular flexibility index (Phi) is 7.47. The predicted octanol–water partition coefficient (Wildman–Crippen LogP) is 3.63. The second kappa shape index (κ2) is 8.30. The lowest BCUT2D eigenvalue weighted by Gasteiger charge is -2.44. The molecule has 1 fully saturated rings. The number of methoxy groups -OCH3 is 1. The summed E-state index contributed by atoms with van der Waals surface area (Å²) >= 11 is 0. The van der Waals surface area contributed by atoms with Gasteiger partial charge in [0.25, 0.3) is 0 Å². The van der Waals surface area contributed by atoms with Gasteiger partial charge in [-0.3, -0.25) is 4.79 Å². The fourth-order valence-electron chi connectivity index (χ4n) is 3.25. The van der Waals surface area contributed by atoms with Gasteiger partial charge in [-0.15, -0.1) is 0 Å². The van der Waals surface area contributed by atoms with Gasteiger partial charge in [-0.05, 0) is 55.7 Å². The highest BCUT2D eigenvalue weighted by Crippen LogP contribution is 2.41. The third-order valence-corrected chi connectivity index (χ3v) is 10.5. The van der Waals surface area contributed by atoms with Crippen LogP contribution >= 0.6 is 0 Å². The zero-order valence-corrected chi connectivity index (χ0v) is 17.5. The number of nitrogens with two attached hydrogens (primary N) is 1. The number of carboxylic acids is 1. The van der Waals surface area contributed by atoms with E-state index in [2.05, 4.69) is 33.9 Å². The van der Waals surface area contributed by atoms with Crippen molar-refractivity contribution in [2.24, 2.45) is 17.6 Å². The first-order chi connectivity index (χ1) is 10.9. The summed E-state index contributed by atoms with van der Waals surface area (Å²) in [6.07, 6.45) is 4.02. The van der Waals surface area contributed by atoms with E-state index in [1.807, 2.05) is 6.92 Å². The average Bonchev–Trinajstić information content (AvgIpc) is 2.46. The summed E-state index contributed by atoms with van der Waals surface area (Å²) in [6.45, 7) is 13.2. The molecule has 0 radical (unpaired) electrons. The summed E-state index contributed by atoms with van der Waals surface area (Å²) in [5.41, 5.74) is 5.75. The van der Waals surface area contributed by atoms with Crippen molar-refractivity contribution in [2.75, 3.05) is 7.11 Å². The molecule has 0 aromatic heterocycles. The quantitative estimate of drug-likeness (QED) is 0.678. The van der Waals surface area contributed by atoms with E-state index in [1.54, 1.807) is 7.11 Å². The molecule has 24 heavy (non-hydrogen) atoms. The number of carbonyl (C=O) groups is 1. The van der Waals surface area contributed by atoms with Crippen LogP contribution in [0.15, 0.2) is 0 Å². The van der Waals surface area contributed by atoms with Crippen molar-refractivity contribution in [2.45, 2.75) is 89.8 Å². The topological polar surface area (TPSA) is 81.8 Å². The van der Waals surface area contributed by atoms with Crippen LogP contribution in [0.25, 0.3) is 0 Å². The Hall–Kier alpha value is -0.433. The van der Waals surface area contributed by atoms with Crippen molar-refractivity contribution in [1.29, 1.82) is 0 Å². The lowest BCUT2D eigenvalue weighted by atomic mass is 9.79. The third-order valence-electron chi connectivity index (χ3n) is 6.00. The van der Waals surface area contributed by atoms with Crippen LogP contribution in [0.4, 0.5) is 0 Å². The van der Waals surface area contributed by atoms with Gasteiger partial charge >= 0.3 is 5.97 Å². The zero-order chi connectivity index (χ0) is 18.7. The van der Waals surface area contributed by atoms with E-state index >= 15 is 0 Å². The molecule has 0 aromatic carbocycles. The number of ether oxygens (including phenoxy) is 1. The molecule has 0 heterocycles. The van der Waals surface area contributed by atoms with Crippen LogP contribution in [0.3, 0.4) is 0 Å². The first-order valence-corrected chi connectivity index (χ1v) is 12.0. The Morgan fingerprint density at radius 3 is 2.33 bits per heavy atom. The molecule has 1 saturated carbocycles. The molecule has 6 heteroatoms. The highest BCUT2D eigenvalue weighted by Gasteiger charge is 2.42. The maximum atomic E-state index is 11.0. The second-order valence-electron chi connectivity index (χ2n) is 8.95. The minimum atomic E-state index is -1.81. The van der Waals surface area contributed by atoms with Crippen LogP contribution in [0.2, 0.25) is 18.1 Å². The molecule has 0 bridgehead atoms. The number of carboxylic acid groups (broad SMARTS) is 1. The monoisotopic (exact) mass is 359 g/mol. The molecule has 0 saturated heterocycles. The van der Waals surface area contributed by atoms with Crippen LogP contribution in [-0.2, 0) is 14.0 Å². The van der Waals surface area contributed by atoms with Crippen molar-refractivity contribution < 1.29 is 19.1 Å². The van der Waals surface area contributed by atoms with E-state index < -0.39 is 20.3 Å². The second-order valence-corrected chi connectivity index (χ2v) is 13.7. The molecule has 1 aliphatic carbocycles. The smallest absolute Gasteiger partial charge is 0.320 e. The molecular formula is C18H37NO4Si. The van der Waals surface area contributed by atoms with Crippen molar-refractivity contribution in [3.63, 3.8) is 0 Å². The highest BCUT2D eigenvalue weighted by atomic mass is 28.4. The molecule has 0 aromatic rings. The maximum absolute atomic E-state index is 11.0. The van der Waals surface area contributed by atoms with Gasteiger partial charge in [0.2, 0.25) is 0 Å². The SMILES string of the molecule is CO[C@@H]1C[C@H](C[C@@H](C)[C@H](N)C(=O)O)CCC1O[Si](C)(C)C(C)(C)C. The Morgan fingerprint density at radius 2 is 1.88 bits per heavy atom. The van der Waals surface area contributed by atoms with Gasteiger partial charge in [-0.2, -0.15) is 0 Å². The average molecular weight is 360 g/mol. The Morgan fingerprint density at radius 1 is 1.29 bits per heavy atom. The summed E-state index contributed by atoms with van der Waals surface area (Å²) in [6, 6.07) is -0.785. The maximum Gasteiger partial charge on any atom is 0.320 e. The summed E-state index contributed by atoms with van der Waals surface area (Å²) in [4.78, 5) is 11.0. The van der Waals surface area contributed by atoms with Gasteiger partial charge in [-0.25, -0.2) is 0 Å². The van der Waals surface area contributed by atoms with Gasteiger partial charge in [-0.1, -0.05) is 27.7 Å². The van der Waals surface area contributed by atoms with Gasteiger partial charge in [0.15, 0.2) is 8.32 Å². The zero-order valence-electron chi connectivity index (χ0n) is 16.5. The predicted molar refractivity (Wildman–Crippen MR) is 99.6 cm³/mol. The molecule has 5 atom stereocenters. The van der Waals surface area contributed by atoms with Crippen LogP contribution in [0, 0.1) is 11.8 Å². The van der Waals surface area contributed by atoms with Crippen LogP contribution in [-0.4, -0.2) is 44.8 Å². The number of aliphatic carboxylic acids is 1. The van der Waals surface area contributed by atoms with E-state index in [-0.39, 0.29) is 23.2 Å². The van der Waals surface area contributed by atoms with Crippen LogP contribution in [0.1, 0.15) is 53.4 Å². The molecule has 1 aliphatic rings. The fourth-order valence-corrected chi connectivity index (χ4v) is 4.63. The summed E-state index contributed by atoms with van der Waals surface area (Å²) in [5, 5.41) is 9.25. The molecule has 0 aliphatic heterocycles. The molecular weight excluding hydrogens is 322 g/mol. The number of hydrogen-bond acceptors (Lipinski definition) is 4. The van der Waals surface area contributed by atoms with Crippen molar-refractivity contribution in [3.05, 3.63) is 0 Å². The first kappa shape index (κ1) is 21.6. The molecule has 1 rings (SSSR count). The molecule has 0 spiro atoms. The van der Waals surface area contributed by atoms with Gasteiger partial charge in [0, 0.05) is 7.11 Å². The van der Waals surface area contributed by atoms with E-state index in [9.17, 15) is 4.79 Å². The number of rotatable bonds is 7. The highest BCUT2D eigenvalue weighted by molar-refractivity contribution is 6.74. The lowest BCUT2D eigenvalue weighted by Crippen LogP contribution is -2.49. The first-order valence-electron chi connectivity index (χ1n) is 9.08. The lowest BCUT2D eigenvalue weighted by molar-refractivity contribution is -0.140. The Bertz CT molecular complexity index is 422. The minimum absolute atomic E-state index is 0.0251. The largest absolute Gasteiger partial charge is 0.480 e. The molecule has 0 amide bonds. The normalized spacial score (nSPS) is 28.4. The van der Waals surface area contributed by atoms with Crippen LogP contribution in [0.5, 0.6) is 0 Å². The third kappa shape index (κ3) is 5.54. The standard InChI is InChI=1S/C18H37NO4Si/c1-12(16(19)17(20)21)10-13-8-9-14(15(11-13)22-5)23-24(6,7)18(2,3)4/h12-16H,8-11,19H2,1-7H3,(H,20,21)/t12-,13+,14?,15-,16+/m1/s1. The van der Waals surface area contributed by atoms with E-state index in [0.717, 1.165) is 25.7 Å². The number of hydrogen-bond donors (Lipinski definition) is 2. The van der Waals surface area contributed by atoms with Crippen LogP contribution < -0.4 is 5.73 Å². The minimum Gasteiger partial charge on any atom is -0.480 e. The fraction of sp³-hybridized carbons (Fsp3) is 0.944. The van der Waals surface area contributed by atoms with Crippen molar-refractivity contribution in [1.82, 2.24) is 0 Å². The van der Waals surface area contributed by atoms with Gasteiger partial charge < -0.3 is 20.0 Å². The van der Waals surface area contributed by atoms with E-state index in [4.69, 9.17) is 20.0 Å². The Labute approximate surface area is 148 Å². The van der Waals surface area contributed by atoms with Crippen molar-refractivity contribution in [3.8, 4) is 0 Å². The molecule has 142 valence electrons. The molecule has 5 nitrogen and oxygen atoms in total. The van der Waals surface area contributed by atoms with E-state index in [1.165, 1.54) is 0 Å². The molecule has 3 N–H and O–H groups in total. The summed E-state index contributed by atoms with van der Waals surface area (Å²) in [5.74, 6) is -0.488. The Balaban J connectivity index is 2.65. The van der Waals surface area contributed by atoms with Gasteiger partial charge in [0.05, 0.1) is 12.2 Å². The summed E-state index contributed by atoms with van der Waals surface area (Å²) in [7, 11) is -0.0635. The molecule has 1 unspecified atom stereocenters. The van der Waals surface area contributed by atoms with Gasteiger partial charge in [0.1, 0.15) is 6.04 Å².